The standard InChI is InChI=1S/C54H40O.C52H34O/c1-31-14-12-20-37-33(3)50-49(30-45(31)37)55-48-23-13-21-38(53(48)50)34-24-26-36(32(2)28-34)52-43-18-8-6-16-41(43)51(42-17-7-9-19-44(42)52)35-25-27-40-39-15-10-11-22-46(39)54(4,5)47(40)29-35;1-31-26-38-29-47-49(30-39(38)27-32(31)2)53-48-17-9-16-42(52(47)48)34-18-21-35(22-19-34)50-43-12-5-7-14-45(43)51(46-15-8-6-13-44(46)50)37-24-25-41-36(28-37)23-20-33-10-3-4-11-40(33)41/h6-30H,1-5H3;3-30H,1-2H3/i6D,7D,8D,9D,10D,11D,12D,13D,14D,15D,16D,17D,18D,19D,20D,21D,22D,23D,24D,25D,26D,27D,28D,29D,30D;3D,4D,5D,6D,7D,8D,9D,10D,11D,12D,13D,14D,15D,16D,17D,18D,19D,20D,21D,22D,23D,24D,25D,26D,27D,28D,29D,30D. The van der Waals surface area contributed by atoms with Crippen molar-refractivity contribution in [2.24, 2.45) is 0 Å². The Balaban J connectivity index is 0.000000185. The Morgan fingerprint density at radius 2 is 0.685 bits per heavy atom. The molecule has 1 aliphatic carbocycles. The summed E-state index contributed by atoms with van der Waals surface area (Å²) in [4.78, 5) is 0. The Labute approximate surface area is 701 Å². The van der Waals surface area contributed by atoms with Gasteiger partial charge in [-0.25, -0.2) is 0 Å². The van der Waals surface area contributed by atoms with Crippen molar-refractivity contribution in [3.8, 4) is 77.9 Å². The van der Waals surface area contributed by atoms with Crippen molar-refractivity contribution in [3.63, 3.8) is 0 Å². The summed E-state index contributed by atoms with van der Waals surface area (Å²) in [6.45, 7) is 10.5. The number of furan rings is 2. The maximum absolute atomic E-state index is 10.00. The number of aryl methyl sites for hydroxylation is 2. The second-order valence-electron chi connectivity index (χ2n) is 26.4. The number of hydrogen-bond donors (Lipinski definition) is 0. The summed E-state index contributed by atoms with van der Waals surface area (Å²) in [7, 11) is 0. The molecule has 1 aliphatic rings. The number of benzene rings is 19. The highest BCUT2D eigenvalue weighted by atomic mass is 16.3. The van der Waals surface area contributed by atoms with E-state index in [2.05, 4.69) is 0 Å². The third-order valence-electron chi connectivity index (χ3n) is 20.0. The first-order chi connectivity index (χ1) is 75.0. The van der Waals surface area contributed by atoms with Gasteiger partial charge in [0.05, 0.1) is 72.7 Å². The summed E-state index contributed by atoms with van der Waals surface area (Å²) in [5, 5.41) is -8.53. The fourth-order valence-corrected chi connectivity index (χ4v) is 14.8. The van der Waals surface area contributed by atoms with Gasteiger partial charge in [-0.2, -0.15) is 0 Å². The van der Waals surface area contributed by atoms with Crippen LogP contribution in [-0.4, -0.2) is 0 Å². The minimum atomic E-state index is -1.51. The molecule has 108 heavy (non-hydrogen) atoms. The molecule has 0 bridgehead atoms. The second kappa shape index (κ2) is 24.2. The molecule has 0 amide bonds. The monoisotopic (exact) mass is 1430 g/mol. The van der Waals surface area contributed by atoms with Gasteiger partial charge in [0.2, 0.25) is 0 Å². The summed E-state index contributed by atoms with van der Waals surface area (Å²) in [5.74, 6) is 0. The predicted octanol–water partition coefficient (Wildman–Crippen LogP) is 30.2. The zero-order chi connectivity index (χ0) is 118. The third kappa shape index (κ3) is 9.66. The minimum Gasteiger partial charge on any atom is -0.456 e. The van der Waals surface area contributed by atoms with Crippen LogP contribution in [0.2, 0.25) is 0 Å². The minimum absolute atomic E-state index is 0.00650. The van der Waals surface area contributed by atoms with Gasteiger partial charge in [0.25, 0.3) is 0 Å². The van der Waals surface area contributed by atoms with Crippen LogP contribution in [0.25, 0.3) is 208 Å². The van der Waals surface area contributed by atoms with E-state index in [1.807, 2.05) is 0 Å². The molecule has 21 aromatic rings. The van der Waals surface area contributed by atoms with Crippen LogP contribution >= 0.6 is 0 Å². The Morgan fingerprint density at radius 3 is 1.35 bits per heavy atom. The predicted molar refractivity (Wildman–Crippen MR) is 461 cm³/mol. The lowest BCUT2D eigenvalue weighted by Gasteiger charge is -2.23. The van der Waals surface area contributed by atoms with Crippen molar-refractivity contribution in [1.82, 2.24) is 0 Å². The quantitative estimate of drug-likeness (QED) is 0.123. The van der Waals surface area contributed by atoms with Gasteiger partial charge in [0.1, 0.15) is 22.3 Å². The average Bonchev–Trinajstić information content (AvgIpc) is 1.64. The summed E-state index contributed by atoms with van der Waals surface area (Å²) in [5.41, 5.74) is -10.2. The van der Waals surface area contributed by atoms with Crippen molar-refractivity contribution in [2.75, 3.05) is 0 Å². The molecular weight excluding hydrogens is 1310 g/mol. The first-order valence-corrected chi connectivity index (χ1v) is 33.6. The average molecular weight is 1430 g/mol. The molecule has 22 rings (SSSR count). The molecule has 0 spiro atoms. The Morgan fingerprint density at radius 1 is 0.222 bits per heavy atom. The maximum atomic E-state index is 10.00. The molecule has 0 saturated carbocycles. The summed E-state index contributed by atoms with van der Waals surface area (Å²) < 4.78 is 500. The van der Waals surface area contributed by atoms with E-state index >= 15 is 0 Å². The maximum Gasteiger partial charge on any atom is 0.136 e. The fraction of sp³-hybridized carbons (Fsp3) is 0.0755. The van der Waals surface area contributed by atoms with E-state index in [1.165, 1.54) is 27.7 Å². The van der Waals surface area contributed by atoms with E-state index < -0.39 is 444 Å². The van der Waals surface area contributed by atoms with Crippen LogP contribution in [0, 0.1) is 34.6 Å². The van der Waals surface area contributed by atoms with E-state index in [4.69, 9.17) is 45.8 Å². The fourth-order valence-electron chi connectivity index (χ4n) is 14.8. The number of rotatable bonds is 6. The van der Waals surface area contributed by atoms with Crippen LogP contribution in [0.15, 0.2) is 329 Å². The van der Waals surface area contributed by atoms with E-state index in [1.54, 1.807) is 20.8 Å². The van der Waals surface area contributed by atoms with Crippen molar-refractivity contribution < 1.29 is 81.5 Å². The molecule has 0 radical (unpaired) electrons. The third-order valence-corrected chi connectivity index (χ3v) is 20.0. The van der Waals surface area contributed by atoms with Crippen LogP contribution in [0.3, 0.4) is 0 Å². The lowest BCUT2D eigenvalue weighted by molar-refractivity contribution is 0.660. The Bertz CT molecular complexity index is 10600. The smallest absolute Gasteiger partial charge is 0.136 e. The first-order valence-electron chi connectivity index (χ1n) is 60.1. The largest absolute Gasteiger partial charge is 0.456 e. The summed E-state index contributed by atoms with van der Waals surface area (Å²) >= 11 is 0. The summed E-state index contributed by atoms with van der Waals surface area (Å²) in [6.07, 6.45) is 0. The molecule has 0 atom stereocenters. The van der Waals surface area contributed by atoms with Crippen LogP contribution < -0.4 is 0 Å². The molecule has 510 valence electrons. The van der Waals surface area contributed by atoms with Gasteiger partial charge in [-0.15, -0.1) is 0 Å². The molecule has 2 nitrogen and oxygen atoms in total. The van der Waals surface area contributed by atoms with Gasteiger partial charge < -0.3 is 8.83 Å². The highest BCUT2D eigenvalue weighted by Gasteiger charge is 2.36. The van der Waals surface area contributed by atoms with Crippen LogP contribution in [0.5, 0.6) is 0 Å². The molecule has 0 N–H and O–H groups in total. The van der Waals surface area contributed by atoms with Crippen molar-refractivity contribution in [1.29, 1.82) is 0 Å². The molecule has 0 aliphatic heterocycles. The van der Waals surface area contributed by atoms with Gasteiger partial charge in [-0.1, -0.05) is 292 Å². The SMILES string of the molecule is [2H]c1c([2H])c(-c2c([2H])c([2H])c([2H])c3oc4c([2H])c5c([2H])c(C)c(C)c([2H])c5c([2H])c4c23)c([2H])c([2H])c1-c1c2c([2H])c([2H])c([2H])c([2H])c2c(-c2c([2H])c([2H])c3c(c2[2H])c([2H])c([2H])c2c([2H])c([2H])c([2H])c([2H])c23)c2c([2H])c([2H])c([2H])c([2H])c12.[2H]c1c([2H])c([2H])c2c(c1[2H])-c1c([2H])c([2H])c(-c3c4c([2H])c([2H])c([2H])c([2H])c4c(-c4c([2H])c([2H])c(-c5c([2H])c([2H])c([2H])c6oc7c([2H])c8c(C)c([2H])c([2H])c([2H])c8c(C)c7c56)c([2H])c4C)c4c([2H])c([2H])c([2H])c([2H])c34)c([2H])c1C2(C)C. The van der Waals surface area contributed by atoms with Crippen LogP contribution in [0.4, 0.5) is 0 Å². The van der Waals surface area contributed by atoms with Gasteiger partial charge >= 0.3 is 0 Å². The molecule has 0 fully saturated rings. The second-order valence-corrected chi connectivity index (χ2v) is 26.4. The lowest BCUT2D eigenvalue weighted by Crippen LogP contribution is -2.14. The Kier molecular flexibility index (Phi) is 6.65. The zero-order valence-electron chi connectivity index (χ0n) is 110. The Hall–Kier alpha value is -13.1. The normalized spacial score (nSPS) is 19.5. The lowest BCUT2D eigenvalue weighted by atomic mass is 9.80. The molecule has 2 aromatic heterocycles. The molecule has 2 heteroatoms. The van der Waals surface area contributed by atoms with Crippen molar-refractivity contribution in [3.05, 3.63) is 359 Å². The molecule has 19 aromatic carbocycles. The molecule has 0 unspecified atom stereocenters. The highest BCUT2D eigenvalue weighted by Crippen LogP contribution is 2.53. The van der Waals surface area contributed by atoms with Gasteiger partial charge in [-0.05, 0) is 280 Å². The molecular formula is C106H74O2. The van der Waals surface area contributed by atoms with Crippen LogP contribution in [-0.2, 0) is 5.41 Å². The molecule has 2 heterocycles. The van der Waals surface area contributed by atoms with Crippen LogP contribution in [0.1, 0.15) is 125 Å². The first kappa shape index (κ1) is 29.7. The van der Waals surface area contributed by atoms with Gasteiger partial charge in [0.15, 0.2) is 0 Å². The zero-order valence-corrected chi connectivity index (χ0v) is 57.3. The van der Waals surface area contributed by atoms with Gasteiger partial charge in [-0.3, -0.25) is 0 Å². The van der Waals surface area contributed by atoms with Crippen molar-refractivity contribution >= 4 is 130 Å². The van der Waals surface area contributed by atoms with E-state index in [-0.39, 0.29) is 118 Å². The highest BCUT2D eigenvalue weighted by molar-refractivity contribution is 6.25. The number of hydrogen-bond acceptors (Lipinski definition) is 2. The topological polar surface area (TPSA) is 26.3 Å². The van der Waals surface area contributed by atoms with E-state index in [9.17, 15) is 35.6 Å². The van der Waals surface area contributed by atoms with E-state index in [0.717, 1.165) is 0 Å². The summed E-state index contributed by atoms with van der Waals surface area (Å²) in [6, 6.07) is -41.3. The molecule has 0 saturated heterocycles. The van der Waals surface area contributed by atoms with Gasteiger partial charge in [0, 0.05) is 27.0 Å². The number of fused-ring (bicyclic) bond motifs is 18. The van der Waals surface area contributed by atoms with Crippen molar-refractivity contribution in [2.45, 2.75) is 53.9 Å². The van der Waals surface area contributed by atoms with E-state index in [0.29, 0.717) is 11.1 Å².